The standard InChI is InChI=1S/C16H19ClN2O5S/c1-11(15(20)18-6-7-23-2)25(21,22)10-14-9-24-16(19-14)12-4-3-5-13(17)8-12/h3-5,8-9,11H,6-7,10H2,1-2H3,(H,18,20)/t11-/m1/s1. The Kier molecular flexibility index (Phi) is 6.57. The number of aromatic nitrogens is 1. The number of amides is 1. The maximum Gasteiger partial charge on any atom is 0.238 e. The van der Waals surface area contributed by atoms with Gasteiger partial charge < -0.3 is 14.5 Å². The number of rotatable bonds is 8. The Hall–Kier alpha value is -1.90. The van der Waals surface area contributed by atoms with Crippen LogP contribution in [0.5, 0.6) is 0 Å². The molecule has 1 heterocycles. The summed E-state index contributed by atoms with van der Waals surface area (Å²) >= 11 is 5.92. The molecule has 136 valence electrons. The van der Waals surface area contributed by atoms with E-state index >= 15 is 0 Å². The van der Waals surface area contributed by atoms with Crippen LogP contribution in [0.4, 0.5) is 0 Å². The largest absolute Gasteiger partial charge is 0.444 e. The Bertz CT molecular complexity index is 835. The molecule has 2 rings (SSSR count). The minimum Gasteiger partial charge on any atom is -0.444 e. The minimum absolute atomic E-state index is 0.228. The fourth-order valence-corrected chi connectivity index (χ4v) is 3.44. The van der Waals surface area contributed by atoms with Crippen molar-refractivity contribution in [1.29, 1.82) is 0 Å². The number of sulfone groups is 1. The minimum atomic E-state index is -3.73. The zero-order valence-corrected chi connectivity index (χ0v) is 15.4. The van der Waals surface area contributed by atoms with E-state index < -0.39 is 26.7 Å². The van der Waals surface area contributed by atoms with Gasteiger partial charge in [-0.25, -0.2) is 13.4 Å². The number of carbonyl (C=O) groups is 1. The Morgan fingerprint density at radius 3 is 2.88 bits per heavy atom. The Balaban J connectivity index is 2.07. The van der Waals surface area contributed by atoms with Crippen molar-refractivity contribution in [2.45, 2.75) is 17.9 Å². The average Bonchev–Trinajstić information content (AvgIpc) is 3.02. The first-order valence-corrected chi connectivity index (χ1v) is 9.61. The molecule has 1 amide bonds. The second kappa shape index (κ2) is 8.46. The number of hydrogen-bond acceptors (Lipinski definition) is 6. The number of oxazole rings is 1. The van der Waals surface area contributed by atoms with Crippen molar-refractivity contribution in [2.75, 3.05) is 20.3 Å². The summed E-state index contributed by atoms with van der Waals surface area (Å²) < 4.78 is 34.9. The molecule has 1 aromatic carbocycles. The molecule has 0 aliphatic carbocycles. The fraction of sp³-hybridized carbons (Fsp3) is 0.375. The van der Waals surface area contributed by atoms with Crippen molar-refractivity contribution >= 4 is 27.3 Å². The smallest absolute Gasteiger partial charge is 0.238 e. The zero-order chi connectivity index (χ0) is 18.4. The maximum atomic E-state index is 12.4. The summed E-state index contributed by atoms with van der Waals surface area (Å²) in [5.74, 6) is -0.698. The molecule has 0 aliphatic rings. The van der Waals surface area contributed by atoms with E-state index in [0.717, 1.165) is 0 Å². The molecular weight excluding hydrogens is 368 g/mol. The summed E-state index contributed by atoms with van der Waals surface area (Å²) in [6.07, 6.45) is 1.27. The van der Waals surface area contributed by atoms with Crippen molar-refractivity contribution in [3.63, 3.8) is 0 Å². The highest BCUT2D eigenvalue weighted by molar-refractivity contribution is 7.92. The number of halogens is 1. The first kappa shape index (κ1) is 19.4. The highest BCUT2D eigenvalue weighted by atomic mass is 35.5. The molecule has 0 bridgehead atoms. The van der Waals surface area contributed by atoms with Crippen LogP contribution in [-0.2, 0) is 25.1 Å². The number of nitrogens with one attached hydrogen (secondary N) is 1. The van der Waals surface area contributed by atoms with Gasteiger partial charge in [-0.1, -0.05) is 17.7 Å². The highest BCUT2D eigenvalue weighted by Gasteiger charge is 2.29. The third kappa shape index (κ3) is 5.29. The molecule has 0 saturated heterocycles. The first-order valence-electron chi connectivity index (χ1n) is 7.52. The third-order valence-electron chi connectivity index (χ3n) is 3.49. The lowest BCUT2D eigenvalue weighted by Gasteiger charge is -2.12. The SMILES string of the molecule is COCCNC(=O)[C@@H](C)S(=O)(=O)Cc1coc(-c2cccc(Cl)c2)n1. The summed E-state index contributed by atoms with van der Waals surface area (Å²) in [5.41, 5.74) is 0.869. The number of carbonyl (C=O) groups excluding carboxylic acids is 1. The molecule has 1 N–H and O–H groups in total. The van der Waals surface area contributed by atoms with Crippen LogP contribution in [0, 0.1) is 0 Å². The van der Waals surface area contributed by atoms with Gasteiger partial charge in [0.2, 0.25) is 11.8 Å². The van der Waals surface area contributed by atoms with Gasteiger partial charge in [-0.05, 0) is 25.1 Å². The van der Waals surface area contributed by atoms with Crippen molar-refractivity contribution < 1.29 is 22.4 Å². The lowest BCUT2D eigenvalue weighted by molar-refractivity contribution is -0.120. The summed E-state index contributed by atoms with van der Waals surface area (Å²) in [4.78, 5) is 16.1. The van der Waals surface area contributed by atoms with Crippen LogP contribution in [-0.4, -0.2) is 44.8 Å². The van der Waals surface area contributed by atoms with Crippen LogP contribution < -0.4 is 5.32 Å². The van der Waals surface area contributed by atoms with Crippen molar-refractivity contribution in [3.05, 3.63) is 41.2 Å². The summed E-state index contributed by atoms with van der Waals surface area (Å²) in [6, 6.07) is 6.87. The van der Waals surface area contributed by atoms with E-state index in [2.05, 4.69) is 10.3 Å². The molecule has 0 radical (unpaired) electrons. The van der Waals surface area contributed by atoms with Crippen molar-refractivity contribution in [1.82, 2.24) is 10.3 Å². The molecule has 1 atom stereocenters. The predicted octanol–water partition coefficient (Wildman–Crippen LogP) is 2.06. The van der Waals surface area contributed by atoms with Gasteiger partial charge in [0, 0.05) is 24.2 Å². The molecule has 9 heteroatoms. The molecule has 7 nitrogen and oxygen atoms in total. The molecule has 2 aromatic rings. The van der Waals surface area contributed by atoms with E-state index in [1.165, 1.54) is 20.3 Å². The average molecular weight is 387 g/mol. The third-order valence-corrected chi connectivity index (χ3v) is 5.71. The number of benzene rings is 1. The topological polar surface area (TPSA) is 98.5 Å². The zero-order valence-electron chi connectivity index (χ0n) is 13.9. The van der Waals surface area contributed by atoms with Gasteiger partial charge in [-0.2, -0.15) is 0 Å². The summed E-state index contributed by atoms with van der Waals surface area (Å²) in [6.45, 7) is 1.90. The normalized spacial score (nSPS) is 12.8. The van der Waals surface area contributed by atoms with Crippen molar-refractivity contribution in [3.8, 4) is 11.5 Å². The molecule has 0 fully saturated rings. The summed E-state index contributed by atoms with van der Waals surface area (Å²) in [5, 5.41) is 1.83. The van der Waals surface area contributed by atoms with Crippen LogP contribution in [0.15, 0.2) is 34.9 Å². The predicted molar refractivity (Wildman–Crippen MR) is 93.9 cm³/mol. The molecule has 0 saturated carbocycles. The highest BCUT2D eigenvalue weighted by Crippen LogP contribution is 2.23. The molecule has 0 spiro atoms. The number of hydrogen-bond donors (Lipinski definition) is 1. The van der Waals surface area contributed by atoms with E-state index in [0.29, 0.717) is 17.2 Å². The maximum absolute atomic E-state index is 12.4. The quantitative estimate of drug-likeness (QED) is 0.697. The molecule has 1 aromatic heterocycles. The van der Waals surface area contributed by atoms with Crippen LogP contribution in [0.3, 0.4) is 0 Å². The van der Waals surface area contributed by atoms with E-state index in [9.17, 15) is 13.2 Å². The van der Waals surface area contributed by atoms with E-state index in [1.807, 2.05) is 0 Å². The monoisotopic (exact) mass is 386 g/mol. The van der Waals surface area contributed by atoms with Crippen LogP contribution in [0.25, 0.3) is 11.5 Å². The van der Waals surface area contributed by atoms with Gasteiger partial charge in [0.05, 0.1) is 18.1 Å². The van der Waals surface area contributed by atoms with Crippen LogP contribution in [0.1, 0.15) is 12.6 Å². The van der Waals surface area contributed by atoms with Gasteiger partial charge in [0.25, 0.3) is 0 Å². The van der Waals surface area contributed by atoms with Gasteiger partial charge in [0.15, 0.2) is 9.84 Å². The number of methoxy groups -OCH3 is 1. The van der Waals surface area contributed by atoms with Crippen LogP contribution >= 0.6 is 11.6 Å². The van der Waals surface area contributed by atoms with Crippen LogP contribution in [0.2, 0.25) is 5.02 Å². The van der Waals surface area contributed by atoms with E-state index in [-0.39, 0.29) is 18.1 Å². The molecule has 0 unspecified atom stereocenters. The van der Waals surface area contributed by atoms with Gasteiger partial charge in [-0.15, -0.1) is 0 Å². The Morgan fingerprint density at radius 2 is 2.20 bits per heavy atom. The Morgan fingerprint density at radius 1 is 1.44 bits per heavy atom. The van der Waals surface area contributed by atoms with E-state index in [4.69, 9.17) is 20.8 Å². The lowest BCUT2D eigenvalue weighted by atomic mass is 10.2. The summed E-state index contributed by atoms with van der Waals surface area (Å²) in [7, 11) is -2.23. The Labute approximate surface area is 151 Å². The fourth-order valence-electron chi connectivity index (χ4n) is 2.04. The second-order valence-electron chi connectivity index (χ2n) is 5.39. The first-order chi connectivity index (χ1) is 11.8. The van der Waals surface area contributed by atoms with Gasteiger partial charge in [-0.3, -0.25) is 4.79 Å². The molecular formula is C16H19ClN2O5S. The number of nitrogens with zero attached hydrogens (tertiary/aromatic N) is 1. The molecule has 0 aliphatic heterocycles. The molecule has 25 heavy (non-hydrogen) atoms. The van der Waals surface area contributed by atoms with Crippen molar-refractivity contribution in [2.24, 2.45) is 0 Å². The van der Waals surface area contributed by atoms with Gasteiger partial charge >= 0.3 is 0 Å². The van der Waals surface area contributed by atoms with Gasteiger partial charge in [0.1, 0.15) is 11.5 Å². The second-order valence-corrected chi connectivity index (χ2v) is 8.15. The van der Waals surface area contributed by atoms with E-state index in [1.54, 1.807) is 24.3 Å². The number of ether oxygens (including phenoxy) is 1. The lowest BCUT2D eigenvalue weighted by Crippen LogP contribution is -2.39.